The summed E-state index contributed by atoms with van der Waals surface area (Å²) in [6, 6.07) is 4.40. The number of nitrogens with one attached hydrogen (secondary N) is 1. The molecule has 0 radical (unpaired) electrons. The number of fused-ring (bicyclic) bond motifs is 2. The third kappa shape index (κ3) is 3.20. The lowest BCUT2D eigenvalue weighted by molar-refractivity contribution is 0.0796. The normalized spacial score (nSPS) is 15.8. The quantitative estimate of drug-likeness (QED) is 0.544. The topological polar surface area (TPSA) is 95.3 Å². The molecule has 0 spiro atoms. The van der Waals surface area contributed by atoms with E-state index in [-0.39, 0.29) is 23.5 Å². The average Bonchev–Trinajstić information content (AvgIpc) is 3.45. The van der Waals surface area contributed by atoms with E-state index in [0.29, 0.717) is 30.1 Å². The van der Waals surface area contributed by atoms with Gasteiger partial charge in [-0.15, -0.1) is 0 Å². The number of carbonyl (C=O) groups is 1. The molecule has 0 aliphatic carbocycles. The van der Waals surface area contributed by atoms with Crippen molar-refractivity contribution in [3.63, 3.8) is 0 Å². The first-order chi connectivity index (χ1) is 15.1. The molecule has 1 aliphatic rings. The van der Waals surface area contributed by atoms with Crippen LogP contribution in [0.1, 0.15) is 40.5 Å². The Balaban J connectivity index is 1.56. The molecule has 1 amide bonds. The van der Waals surface area contributed by atoms with Gasteiger partial charge in [-0.3, -0.25) is 4.79 Å². The Labute approximate surface area is 177 Å². The van der Waals surface area contributed by atoms with Gasteiger partial charge in [-0.2, -0.15) is 5.10 Å². The number of nitrogens with zero attached hydrogens (tertiary/aromatic N) is 7. The van der Waals surface area contributed by atoms with Crippen molar-refractivity contribution in [2.75, 3.05) is 25.0 Å². The number of amides is 1. The summed E-state index contributed by atoms with van der Waals surface area (Å²) in [5.74, 6) is 0.0857. The van der Waals surface area contributed by atoms with Crippen LogP contribution < -0.4 is 4.90 Å². The van der Waals surface area contributed by atoms with E-state index in [0.717, 1.165) is 17.8 Å². The summed E-state index contributed by atoms with van der Waals surface area (Å²) in [5.41, 5.74) is 3.18. The minimum absolute atomic E-state index is 0.179. The van der Waals surface area contributed by atoms with Crippen molar-refractivity contribution in [1.29, 1.82) is 0 Å². The lowest BCUT2D eigenvalue weighted by Gasteiger charge is -2.34. The molecule has 5 heterocycles. The van der Waals surface area contributed by atoms with Crippen molar-refractivity contribution >= 4 is 17.2 Å². The first-order valence-electron chi connectivity index (χ1n) is 10.1. The monoisotopic (exact) mass is 420 g/mol. The summed E-state index contributed by atoms with van der Waals surface area (Å²) in [6.45, 7) is 3.13. The van der Waals surface area contributed by atoms with Crippen LogP contribution >= 0.6 is 0 Å². The number of H-pyrrole nitrogens is 1. The summed E-state index contributed by atoms with van der Waals surface area (Å²) < 4.78 is 15.8. The molecule has 0 saturated carbocycles. The first kappa shape index (κ1) is 19.2. The molecule has 1 N–H and O–H groups in total. The predicted octanol–water partition coefficient (Wildman–Crippen LogP) is 2.23. The standard InChI is InChI=1S/C21H21FN8O/c1-3-28(2)21(31)16-10-24-18(11-23-16)29-8-6-14-19(26-12-25-14)20(29)15-9-17-13(22)5-4-7-30(17)27-15/h4-5,7,9-12,20H,3,6,8H2,1-2H3,(H,25,26)/t20-/m0/s1. The Kier molecular flexibility index (Phi) is 4.61. The van der Waals surface area contributed by atoms with E-state index in [2.05, 4.69) is 25.0 Å². The number of hydrogen-bond acceptors (Lipinski definition) is 6. The van der Waals surface area contributed by atoms with Crippen molar-refractivity contribution in [3.05, 3.63) is 71.7 Å². The number of carbonyl (C=O) groups excluding carboxylic acids is 1. The summed E-state index contributed by atoms with van der Waals surface area (Å²) >= 11 is 0. The molecule has 0 fully saturated rings. The molecule has 5 rings (SSSR count). The maximum absolute atomic E-state index is 14.3. The minimum Gasteiger partial charge on any atom is -0.348 e. The van der Waals surface area contributed by atoms with Crippen molar-refractivity contribution in [2.24, 2.45) is 0 Å². The maximum Gasteiger partial charge on any atom is 0.273 e. The highest BCUT2D eigenvalue weighted by Gasteiger charge is 2.34. The molecule has 4 aromatic rings. The second kappa shape index (κ2) is 7.46. The minimum atomic E-state index is -0.358. The third-order valence-corrected chi connectivity index (χ3v) is 5.65. The highest BCUT2D eigenvalue weighted by molar-refractivity contribution is 5.91. The Morgan fingerprint density at radius 2 is 2.19 bits per heavy atom. The van der Waals surface area contributed by atoms with Gasteiger partial charge in [0.15, 0.2) is 0 Å². The fourth-order valence-corrected chi connectivity index (χ4v) is 3.88. The van der Waals surface area contributed by atoms with Crippen LogP contribution in [0.5, 0.6) is 0 Å². The van der Waals surface area contributed by atoms with E-state index in [4.69, 9.17) is 0 Å². The Hall–Kier alpha value is -3.82. The summed E-state index contributed by atoms with van der Waals surface area (Å²) in [6.07, 6.45) is 7.20. The van der Waals surface area contributed by atoms with Gasteiger partial charge in [0.1, 0.15) is 28.9 Å². The van der Waals surface area contributed by atoms with Crippen LogP contribution in [-0.4, -0.2) is 60.5 Å². The van der Waals surface area contributed by atoms with Crippen LogP contribution in [0, 0.1) is 5.82 Å². The lowest BCUT2D eigenvalue weighted by atomic mass is 10.00. The largest absolute Gasteiger partial charge is 0.348 e. The fraction of sp³-hybridized carbons (Fsp3) is 0.286. The predicted molar refractivity (Wildman–Crippen MR) is 111 cm³/mol. The van der Waals surface area contributed by atoms with Crippen LogP contribution in [0.4, 0.5) is 10.2 Å². The van der Waals surface area contributed by atoms with Crippen LogP contribution in [0.25, 0.3) is 5.52 Å². The van der Waals surface area contributed by atoms with E-state index >= 15 is 0 Å². The third-order valence-electron chi connectivity index (χ3n) is 5.65. The highest BCUT2D eigenvalue weighted by atomic mass is 19.1. The number of aromatic nitrogens is 6. The van der Waals surface area contributed by atoms with E-state index < -0.39 is 0 Å². The van der Waals surface area contributed by atoms with Gasteiger partial charge in [0, 0.05) is 38.4 Å². The number of halogens is 1. The van der Waals surface area contributed by atoms with Gasteiger partial charge in [-0.25, -0.2) is 23.9 Å². The Morgan fingerprint density at radius 1 is 1.32 bits per heavy atom. The van der Waals surface area contributed by atoms with E-state index in [1.165, 1.54) is 16.8 Å². The highest BCUT2D eigenvalue weighted by Crippen LogP contribution is 2.35. The van der Waals surface area contributed by atoms with Gasteiger partial charge in [0.2, 0.25) is 0 Å². The molecule has 0 bridgehead atoms. The summed E-state index contributed by atoms with van der Waals surface area (Å²) in [7, 11) is 1.72. The molecule has 1 aliphatic heterocycles. The molecule has 4 aromatic heterocycles. The zero-order valence-corrected chi connectivity index (χ0v) is 17.2. The van der Waals surface area contributed by atoms with Crippen LogP contribution in [0.3, 0.4) is 0 Å². The number of aromatic amines is 1. The van der Waals surface area contributed by atoms with Gasteiger partial charge in [-0.1, -0.05) is 0 Å². The molecule has 9 nitrogen and oxygen atoms in total. The van der Waals surface area contributed by atoms with Gasteiger partial charge in [0.25, 0.3) is 5.91 Å². The maximum atomic E-state index is 14.3. The molecule has 0 aromatic carbocycles. The molecule has 0 saturated heterocycles. The van der Waals surface area contributed by atoms with E-state index in [1.807, 2.05) is 11.8 Å². The van der Waals surface area contributed by atoms with Gasteiger partial charge >= 0.3 is 0 Å². The van der Waals surface area contributed by atoms with Crippen molar-refractivity contribution < 1.29 is 9.18 Å². The Bertz CT molecular complexity index is 1250. The van der Waals surface area contributed by atoms with E-state index in [1.54, 1.807) is 42.8 Å². The van der Waals surface area contributed by atoms with Gasteiger partial charge in [-0.05, 0) is 25.1 Å². The van der Waals surface area contributed by atoms with E-state index in [9.17, 15) is 9.18 Å². The summed E-state index contributed by atoms with van der Waals surface area (Å²) in [5, 5.41) is 4.60. The van der Waals surface area contributed by atoms with Crippen LogP contribution in [-0.2, 0) is 6.42 Å². The molecule has 158 valence electrons. The summed E-state index contributed by atoms with van der Waals surface area (Å²) in [4.78, 5) is 32.5. The molecule has 10 heteroatoms. The number of anilines is 1. The number of pyridine rings is 1. The smallest absolute Gasteiger partial charge is 0.273 e. The van der Waals surface area contributed by atoms with Gasteiger partial charge in [0.05, 0.1) is 30.1 Å². The molecular weight excluding hydrogens is 399 g/mol. The average molecular weight is 420 g/mol. The van der Waals surface area contributed by atoms with Crippen molar-refractivity contribution in [2.45, 2.75) is 19.4 Å². The van der Waals surface area contributed by atoms with Gasteiger partial charge < -0.3 is 14.8 Å². The zero-order chi connectivity index (χ0) is 21.5. The first-order valence-corrected chi connectivity index (χ1v) is 10.1. The van der Waals surface area contributed by atoms with Crippen LogP contribution in [0.15, 0.2) is 43.1 Å². The Morgan fingerprint density at radius 3 is 2.94 bits per heavy atom. The SMILES string of the molecule is CCN(C)C(=O)c1cnc(N2CCc3[nH]cnc3[C@@H]2c2cc3c(F)cccn3n2)cn1. The number of rotatable bonds is 4. The fourth-order valence-electron chi connectivity index (χ4n) is 3.88. The molecular formula is C21H21FN8O. The number of hydrogen-bond donors (Lipinski definition) is 1. The molecule has 0 unspecified atom stereocenters. The van der Waals surface area contributed by atoms with Crippen molar-refractivity contribution in [1.82, 2.24) is 34.4 Å². The van der Waals surface area contributed by atoms with Crippen LogP contribution in [0.2, 0.25) is 0 Å². The second-order valence-electron chi connectivity index (χ2n) is 7.45. The zero-order valence-electron chi connectivity index (χ0n) is 17.2. The molecule has 1 atom stereocenters. The van der Waals surface area contributed by atoms with Crippen molar-refractivity contribution in [3.8, 4) is 0 Å². The molecule has 31 heavy (non-hydrogen) atoms. The number of imidazole rings is 1. The lowest BCUT2D eigenvalue weighted by Crippen LogP contribution is -2.37. The second-order valence-corrected chi connectivity index (χ2v) is 7.45.